The van der Waals surface area contributed by atoms with E-state index in [1.165, 1.54) is 24.3 Å². The second kappa shape index (κ2) is 45.5. The zero-order chi connectivity index (χ0) is 78.5. The number of carbonyl (C=O) groups is 8. The third-order valence-corrected chi connectivity index (χ3v) is 16.5. The Morgan fingerprint density at radius 1 is 0.472 bits per heavy atom. The molecule has 2 aromatic heterocycles. The van der Waals surface area contributed by atoms with Crippen LogP contribution in [0.25, 0.3) is 0 Å². The fraction of sp³-hybridized carbons (Fsp3) is 0.481. The van der Waals surface area contributed by atoms with Crippen LogP contribution in [0.15, 0.2) is 163 Å². The van der Waals surface area contributed by atoms with Gasteiger partial charge in [-0.25, -0.2) is 19.2 Å². The maximum absolute atomic E-state index is 13.2. The molecule has 4 aromatic carbocycles. The minimum Gasteiger partial charge on any atom is -0.444 e. The van der Waals surface area contributed by atoms with Gasteiger partial charge < -0.3 is 18.9 Å². The lowest BCUT2D eigenvalue weighted by Gasteiger charge is -2.30. The number of hydrogen-bond donors (Lipinski definition) is 0. The first kappa shape index (κ1) is 95.9. The van der Waals surface area contributed by atoms with Crippen LogP contribution >= 0.6 is 61.1 Å². The van der Waals surface area contributed by atoms with Crippen LogP contribution in [0.5, 0.6) is 0 Å². The van der Waals surface area contributed by atoms with E-state index in [4.69, 9.17) is 24.2 Å². The molecular formula is C81H113BrI2N10O12. The maximum Gasteiger partial charge on any atom is 0.410 e. The molecule has 3 atom stereocenters. The van der Waals surface area contributed by atoms with Gasteiger partial charge in [0.1, 0.15) is 44.3 Å². The first-order chi connectivity index (χ1) is 48.4. The molecule has 25 heteroatoms. The van der Waals surface area contributed by atoms with Crippen molar-refractivity contribution in [3.63, 3.8) is 0 Å². The van der Waals surface area contributed by atoms with Gasteiger partial charge in [-0.2, -0.15) is 15.5 Å². The van der Waals surface area contributed by atoms with E-state index in [9.17, 15) is 38.4 Å². The molecule has 0 aliphatic carbocycles. The van der Waals surface area contributed by atoms with Crippen molar-refractivity contribution in [2.24, 2.45) is 4.99 Å². The van der Waals surface area contributed by atoms with Crippen LogP contribution in [0, 0.1) is 15.0 Å². The molecule has 0 saturated carbocycles. The van der Waals surface area contributed by atoms with Crippen molar-refractivity contribution < 1.29 is 57.3 Å². The number of nitrogens with zero attached hydrogens (tertiary/aromatic N) is 10. The Kier molecular flexibility index (Phi) is 41.2. The number of allylic oxidation sites excluding steroid dienone is 1. The highest BCUT2D eigenvalue weighted by atomic mass is 127. The number of halogens is 3. The molecule has 4 amide bonds. The molecule has 6 aromatic rings. The number of ketones is 4. The Morgan fingerprint density at radius 2 is 0.792 bits per heavy atom. The summed E-state index contributed by atoms with van der Waals surface area (Å²) in [5.74, 6) is -0.426. The highest BCUT2D eigenvalue weighted by Crippen LogP contribution is 2.27. The van der Waals surface area contributed by atoms with Gasteiger partial charge in [0.15, 0.2) is 28.8 Å². The van der Waals surface area contributed by atoms with Gasteiger partial charge in [-0.05, 0) is 224 Å². The highest BCUT2D eigenvalue weighted by molar-refractivity contribution is 14.1. The second-order valence-electron chi connectivity index (χ2n) is 29.3. The monoisotopic (exact) mass is 1750 g/mol. The quantitative estimate of drug-likeness (QED) is 0.0348. The molecule has 3 heterocycles. The van der Waals surface area contributed by atoms with Crippen LogP contribution in [0.4, 0.5) is 19.2 Å². The van der Waals surface area contributed by atoms with Gasteiger partial charge in [0.25, 0.3) is 0 Å². The zero-order valence-corrected chi connectivity index (χ0v) is 69.7. The summed E-state index contributed by atoms with van der Waals surface area (Å²) >= 11 is 7.72. The minimum atomic E-state index is -0.744. The molecule has 0 saturated heterocycles. The Morgan fingerprint density at radius 3 is 1.08 bits per heavy atom. The van der Waals surface area contributed by atoms with E-state index in [0.29, 0.717) is 6.42 Å². The molecule has 22 nitrogen and oxygen atoms in total. The summed E-state index contributed by atoms with van der Waals surface area (Å²) in [6, 6.07) is 41.0. The van der Waals surface area contributed by atoms with Gasteiger partial charge in [-0.15, -0.1) is 0 Å². The molecule has 3 unspecified atom stereocenters. The number of aromatic nitrogens is 4. The molecule has 7 rings (SSSR count). The summed E-state index contributed by atoms with van der Waals surface area (Å²) in [6.07, 6.45) is 5.82. The smallest absolute Gasteiger partial charge is 0.410 e. The molecule has 0 spiro atoms. The molecule has 0 radical (unpaired) electrons. The van der Waals surface area contributed by atoms with Crippen LogP contribution in [0.3, 0.4) is 0 Å². The number of carbonyl (C=O) groups excluding carboxylic acids is 8. The lowest BCUT2D eigenvalue weighted by atomic mass is 10.0. The minimum absolute atomic E-state index is 0. The molecule has 106 heavy (non-hydrogen) atoms. The van der Waals surface area contributed by atoms with Gasteiger partial charge in [0.05, 0.1) is 41.3 Å². The Balaban J connectivity index is 0.000000686. The fourth-order valence-corrected chi connectivity index (χ4v) is 10.6. The van der Waals surface area contributed by atoms with E-state index in [0.717, 1.165) is 36.2 Å². The van der Waals surface area contributed by atoms with Crippen molar-refractivity contribution >= 4 is 112 Å². The number of alkyl halides is 1. The van der Waals surface area contributed by atoms with E-state index in [2.05, 4.69) is 76.3 Å². The van der Waals surface area contributed by atoms with Crippen LogP contribution in [-0.4, -0.2) is 170 Å². The van der Waals surface area contributed by atoms with E-state index < -0.39 is 63.7 Å². The molecule has 1 aliphatic rings. The number of Topliss-reactive ketones (excluding diaryl/α,β-unsaturated/α-hetero) is 4. The third-order valence-electron chi connectivity index (χ3n) is 14.2. The summed E-state index contributed by atoms with van der Waals surface area (Å²) in [4.78, 5) is 110. The Hall–Kier alpha value is -8.10. The van der Waals surface area contributed by atoms with E-state index >= 15 is 0 Å². The molecule has 1 aliphatic heterocycles. The van der Waals surface area contributed by atoms with Gasteiger partial charge in [-0.3, -0.25) is 53.1 Å². The Labute approximate surface area is 665 Å². The van der Waals surface area contributed by atoms with Crippen LogP contribution in [0.1, 0.15) is 198 Å². The number of hydrogen-bond acceptors (Lipinski definition) is 16. The lowest BCUT2D eigenvalue weighted by Crippen LogP contribution is -2.45. The van der Waals surface area contributed by atoms with Crippen molar-refractivity contribution in [1.82, 2.24) is 39.2 Å². The number of amides is 4. The molecule has 0 N–H and O–H groups in total. The van der Waals surface area contributed by atoms with Crippen LogP contribution in [0.2, 0.25) is 0 Å². The summed E-state index contributed by atoms with van der Waals surface area (Å²) in [6.45, 7) is 37.3. The fourth-order valence-electron chi connectivity index (χ4n) is 9.33. The van der Waals surface area contributed by atoms with Crippen molar-refractivity contribution in [3.8, 4) is 6.07 Å². The SMILES string of the molecule is C.C.CC(C)N(CC(=O)C(Br)c1ccccc1)C(=O)OC(C)(C)C.CC(C)N(CC(=O)C(c1ccccc1)n1ccc(C#N)n1)C(=O)OC(C)(C)C.CC(C)N(CC(=O)C(c1ccccc1)n1ccc(I)n1)C(=O)OC(C)(C)C.CC(C)N(CC(=O)Cc1ccccc1)C(=O)OC(C)(C)C.IC1=NCC=C1. The standard InChI is InChI=1S/C21H26N4O3.C20H26IN3O3.C17H24BrNO3.C17H25NO3.C4H4IN.2CH4/c1-15(2)24(20(27)28-21(3,4)5)14-18(26)19(16-9-7-6-8-10-16)25-12-11-17(13-22)23-25;1-14(2)23(19(26)27-20(3,4)5)13-16(25)18(15-9-7-6-8-10-15)24-12-11-17(21)22-24;1-12(2)19(16(21)22-17(3,4)5)11-14(20)15(18)13-9-7-6-8-10-13;1-13(2)18(16(20)21-17(3,4)5)12-15(19)11-14-9-7-6-8-10-14;5-4-2-1-3-6-4;;/h6-12,15,19H,14H2,1-5H3;6-12,14,18H,13H2,1-5H3;6-10,12,15H,11H2,1-5H3;6-10,13H,11-12H2,1-5H3;1-2H,3H2;2*1H4. The van der Waals surface area contributed by atoms with Gasteiger partial charge in [0, 0.05) is 43.0 Å². The number of ether oxygens (including phenoxy) is 4. The van der Waals surface area contributed by atoms with Crippen molar-refractivity contribution in [3.05, 3.63) is 190 Å². The molecular weight excluding hydrogens is 1640 g/mol. The predicted octanol–water partition coefficient (Wildman–Crippen LogP) is 18.3. The average molecular weight is 1750 g/mol. The normalized spacial score (nSPS) is 12.5. The van der Waals surface area contributed by atoms with E-state index in [1.54, 1.807) is 43.9 Å². The topological polar surface area (TPSA) is 258 Å². The maximum atomic E-state index is 13.2. The summed E-state index contributed by atoms with van der Waals surface area (Å²) in [5.41, 5.74) is 1.19. The molecule has 580 valence electrons. The summed E-state index contributed by atoms with van der Waals surface area (Å²) < 4.78 is 26.7. The number of benzene rings is 4. The van der Waals surface area contributed by atoms with Gasteiger partial charge in [0.2, 0.25) is 0 Å². The van der Waals surface area contributed by atoms with Crippen molar-refractivity contribution in [2.75, 3.05) is 32.7 Å². The highest BCUT2D eigenvalue weighted by Gasteiger charge is 2.34. The Bertz CT molecular complexity index is 3810. The van der Waals surface area contributed by atoms with E-state index in [-0.39, 0.29) is 94.0 Å². The number of aliphatic imine (C=N–C) groups is 1. The predicted molar refractivity (Wildman–Crippen MR) is 441 cm³/mol. The number of rotatable bonds is 22. The molecule has 0 bridgehead atoms. The second-order valence-corrected chi connectivity index (χ2v) is 32.4. The first-order valence-corrected chi connectivity index (χ1v) is 37.4. The van der Waals surface area contributed by atoms with Crippen molar-refractivity contribution in [2.45, 2.75) is 223 Å². The van der Waals surface area contributed by atoms with Gasteiger partial charge in [-0.1, -0.05) is 158 Å². The average Bonchev–Trinajstić information content (AvgIpc) is 1.52. The first-order valence-electron chi connectivity index (χ1n) is 34.3. The molecule has 0 fully saturated rings. The van der Waals surface area contributed by atoms with Crippen molar-refractivity contribution in [1.29, 1.82) is 5.26 Å². The largest absolute Gasteiger partial charge is 0.444 e. The third kappa shape index (κ3) is 36.0. The van der Waals surface area contributed by atoms with Crippen LogP contribution in [-0.2, 0) is 44.5 Å². The van der Waals surface area contributed by atoms with E-state index in [1.807, 2.05) is 263 Å². The van der Waals surface area contributed by atoms with Gasteiger partial charge >= 0.3 is 24.4 Å². The summed E-state index contributed by atoms with van der Waals surface area (Å²) in [5, 5.41) is 17.7. The number of nitriles is 1. The summed E-state index contributed by atoms with van der Waals surface area (Å²) in [7, 11) is 0. The van der Waals surface area contributed by atoms with Crippen LogP contribution < -0.4 is 0 Å². The lowest BCUT2D eigenvalue weighted by molar-refractivity contribution is -0.123. The zero-order valence-electron chi connectivity index (χ0n) is 63.8.